The van der Waals surface area contributed by atoms with Crippen LogP contribution in [-0.2, 0) is 14.9 Å². The fraction of sp³-hybridized carbons (Fsp3) is 0.0667. The van der Waals surface area contributed by atoms with E-state index in [1.807, 2.05) is 0 Å². The van der Waals surface area contributed by atoms with E-state index in [0.29, 0.717) is 22.7 Å². The first kappa shape index (κ1) is 18.3. The fourth-order valence-electron chi connectivity index (χ4n) is 2.22. The van der Waals surface area contributed by atoms with Gasteiger partial charge in [-0.1, -0.05) is 30.3 Å². The highest BCUT2D eigenvalue weighted by molar-refractivity contribution is 8.18. The second-order valence-corrected chi connectivity index (χ2v) is 7.59. The van der Waals surface area contributed by atoms with Gasteiger partial charge in [-0.15, -0.1) is 0 Å². The zero-order valence-electron chi connectivity index (χ0n) is 12.5. The molecule has 0 spiro atoms. The van der Waals surface area contributed by atoms with Crippen LogP contribution in [0.4, 0.5) is 18.0 Å². The minimum atomic E-state index is -5.82. The van der Waals surface area contributed by atoms with Crippen LogP contribution in [0, 0.1) is 0 Å². The summed E-state index contributed by atoms with van der Waals surface area (Å²) in [5, 5.41) is 1.99. The molecule has 0 aromatic heterocycles. The molecule has 1 saturated heterocycles. The highest BCUT2D eigenvalue weighted by atomic mass is 32.2. The van der Waals surface area contributed by atoms with Gasteiger partial charge in [0.25, 0.3) is 11.1 Å². The van der Waals surface area contributed by atoms with E-state index >= 15 is 0 Å². The van der Waals surface area contributed by atoms with Crippen LogP contribution in [0.3, 0.4) is 0 Å². The van der Waals surface area contributed by atoms with E-state index in [0.717, 1.165) is 6.07 Å². The SMILES string of the molecule is O=C1NC(=O)/C(=C\c2ccc(OS(=O)(=O)C(F)(F)F)c3ccccc23)S1. The number of hydrogen-bond donors (Lipinski definition) is 1. The van der Waals surface area contributed by atoms with Crippen molar-refractivity contribution in [2.24, 2.45) is 0 Å². The van der Waals surface area contributed by atoms with Gasteiger partial charge in [-0.25, -0.2) is 0 Å². The number of hydrogen-bond acceptors (Lipinski definition) is 6. The number of amides is 2. The maximum absolute atomic E-state index is 12.5. The van der Waals surface area contributed by atoms with Gasteiger partial charge in [-0.3, -0.25) is 14.9 Å². The van der Waals surface area contributed by atoms with Crippen molar-refractivity contribution in [3.8, 4) is 5.75 Å². The molecule has 6 nitrogen and oxygen atoms in total. The van der Waals surface area contributed by atoms with Crippen LogP contribution >= 0.6 is 11.8 Å². The Morgan fingerprint density at radius 3 is 2.27 bits per heavy atom. The summed E-state index contributed by atoms with van der Waals surface area (Å²) in [5.41, 5.74) is -5.15. The maximum atomic E-state index is 12.5. The molecule has 1 aliphatic rings. The summed E-state index contributed by atoms with van der Waals surface area (Å²) in [7, 11) is -5.82. The Hall–Kier alpha value is -2.53. The summed E-state index contributed by atoms with van der Waals surface area (Å²) in [5.74, 6) is -1.09. The molecule has 0 saturated carbocycles. The van der Waals surface area contributed by atoms with Crippen molar-refractivity contribution in [3.63, 3.8) is 0 Å². The molecule has 0 unspecified atom stereocenters. The van der Waals surface area contributed by atoms with E-state index in [1.165, 1.54) is 30.3 Å². The van der Waals surface area contributed by atoms with Gasteiger partial charge >= 0.3 is 15.6 Å². The lowest BCUT2D eigenvalue weighted by Crippen LogP contribution is -2.28. The average Bonchev–Trinajstić information content (AvgIpc) is 2.86. The van der Waals surface area contributed by atoms with Crippen LogP contribution in [-0.4, -0.2) is 25.1 Å². The molecule has 3 rings (SSSR count). The Labute approximate surface area is 149 Å². The minimum absolute atomic E-state index is 0.101. The van der Waals surface area contributed by atoms with Gasteiger partial charge in [0.1, 0.15) is 0 Å². The highest BCUT2D eigenvalue weighted by Gasteiger charge is 2.48. The van der Waals surface area contributed by atoms with Gasteiger partial charge < -0.3 is 4.18 Å². The van der Waals surface area contributed by atoms with Gasteiger partial charge in [0, 0.05) is 5.39 Å². The second-order valence-electron chi connectivity index (χ2n) is 5.03. The largest absolute Gasteiger partial charge is 0.534 e. The first-order chi connectivity index (χ1) is 12.1. The fourth-order valence-corrected chi connectivity index (χ4v) is 3.37. The predicted octanol–water partition coefficient (Wildman–Crippen LogP) is 3.39. The van der Waals surface area contributed by atoms with Crippen LogP contribution in [0.15, 0.2) is 41.3 Å². The molecule has 0 bridgehead atoms. The first-order valence-corrected chi connectivity index (χ1v) is 9.08. The molecule has 11 heteroatoms. The zero-order chi connectivity index (χ0) is 19.1. The summed E-state index contributed by atoms with van der Waals surface area (Å²) in [6.45, 7) is 0. The summed E-state index contributed by atoms with van der Waals surface area (Å²) in [4.78, 5) is 23.0. The van der Waals surface area contributed by atoms with E-state index in [9.17, 15) is 31.2 Å². The van der Waals surface area contributed by atoms with Gasteiger partial charge in [-0.2, -0.15) is 21.6 Å². The highest BCUT2D eigenvalue weighted by Crippen LogP contribution is 2.35. The molecule has 26 heavy (non-hydrogen) atoms. The lowest BCUT2D eigenvalue weighted by atomic mass is 10.0. The van der Waals surface area contributed by atoms with Crippen molar-refractivity contribution in [1.82, 2.24) is 5.32 Å². The summed E-state index contributed by atoms with van der Waals surface area (Å²) in [6, 6.07) is 8.33. The van der Waals surface area contributed by atoms with Gasteiger partial charge in [0.15, 0.2) is 5.75 Å². The number of benzene rings is 2. The quantitative estimate of drug-likeness (QED) is 0.480. The standard InChI is InChI=1S/C15H8F3NO5S2/c16-15(17,18)26(22,23)24-11-6-5-8(9-3-1-2-4-10(9)11)7-12-13(20)19-14(21)25-12/h1-7H,(H,19,20,21)/b12-7+. The Morgan fingerprint density at radius 2 is 1.69 bits per heavy atom. The summed E-state index contributed by atoms with van der Waals surface area (Å²) >= 11 is 0.680. The van der Waals surface area contributed by atoms with E-state index < -0.39 is 32.5 Å². The topological polar surface area (TPSA) is 89.5 Å². The van der Waals surface area contributed by atoms with Crippen LogP contribution < -0.4 is 9.50 Å². The average molecular weight is 403 g/mol. The number of thioether (sulfide) groups is 1. The van der Waals surface area contributed by atoms with Crippen LogP contribution in [0.2, 0.25) is 0 Å². The Balaban J connectivity index is 2.10. The maximum Gasteiger partial charge on any atom is 0.534 e. The molecular formula is C15H8F3NO5S2. The normalized spacial score (nSPS) is 17.0. The number of imide groups is 1. The van der Waals surface area contributed by atoms with E-state index in [-0.39, 0.29) is 10.3 Å². The van der Waals surface area contributed by atoms with E-state index in [2.05, 4.69) is 9.50 Å². The van der Waals surface area contributed by atoms with Crippen molar-refractivity contribution in [3.05, 3.63) is 46.9 Å². The number of nitrogens with one attached hydrogen (secondary N) is 1. The molecule has 1 fully saturated rings. The molecule has 136 valence electrons. The third-order valence-corrected chi connectivity index (χ3v) is 5.11. The number of rotatable bonds is 3. The lowest BCUT2D eigenvalue weighted by Gasteiger charge is -2.12. The van der Waals surface area contributed by atoms with Crippen molar-refractivity contribution in [2.75, 3.05) is 0 Å². The molecule has 2 aromatic carbocycles. The van der Waals surface area contributed by atoms with Crippen LogP contribution in [0.25, 0.3) is 16.8 Å². The molecular weight excluding hydrogens is 395 g/mol. The lowest BCUT2D eigenvalue weighted by molar-refractivity contribution is -0.115. The molecule has 0 radical (unpaired) electrons. The second kappa shape index (κ2) is 6.32. The van der Waals surface area contributed by atoms with Crippen LogP contribution in [0.5, 0.6) is 5.75 Å². The van der Waals surface area contributed by atoms with Gasteiger partial charge in [0.2, 0.25) is 0 Å². The summed E-state index contributed by atoms with van der Waals surface area (Å²) < 4.78 is 64.4. The number of carbonyl (C=O) groups excluding carboxylic acids is 2. The minimum Gasteiger partial charge on any atom is -0.375 e. The molecule has 1 N–H and O–H groups in total. The molecule has 1 heterocycles. The molecule has 2 aromatic rings. The molecule has 0 aliphatic carbocycles. The third-order valence-electron chi connectivity index (χ3n) is 3.33. The smallest absolute Gasteiger partial charge is 0.375 e. The number of alkyl halides is 3. The monoisotopic (exact) mass is 403 g/mol. The molecule has 0 atom stereocenters. The van der Waals surface area contributed by atoms with Crippen molar-refractivity contribution < 1.29 is 35.4 Å². The van der Waals surface area contributed by atoms with Gasteiger partial charge in [0.05, 0.1) is 4.91 Å². The van der Waals surface area contributed by atoms with E-state index in [1.54, 1.807) is 6.07 Å². The first-order valence-electron chi connectivity index (χ1n) is 6.86. The number of halogens is 3. The number of fused-ring (bicyclic) bond motifs is 1. The van der Waals surface area contributed by atoms with Gasteiger partial charge in [-0.05, 0) is 34.9 Å². The molecule has 1 aliphatic heterocycles. The Bertz CT molecular complexity index is 1060. The van der Waals surface area contributed by atoms with E-state index in [4.69, 9.17) is 0 Å². The Kier molecular flexibility index (Phi) is 4.44. The predicted molar refractivity (Wildman–Crippen MR) is 88.7 cm³/mol. The Morgan fingerprint density at radius 1 is 1.04 bits per heavy atom. The third kappa shape index (κ3) is 3.40. The van der Waals surface area contributed by atoms with Crippen molar-refractivity contribution in [2.45, 2.75) is 5.51 Å². The number of carbonyl (C=O) groups is 2. The van der Waals surface area contributed by atoms with Crippen molar-refractivity contribution >= 4 is 49.9 Å². The zero-order valence-corrected chi connectivity index (χ0v) is 14.2. The van der Waals surface area contributed by atoms with Crippen molar-refractivity contribution in [1.29, 1.82) is 0 Å². The molecule has 2 amide bonds. The van der Waals surface area contributed by atoms with Crippen LogP contribution in [0.1, 0.15) is 5.56 Å². The summed E-state index contributed by atoms with van der Waals surface area (Å²) in [6.07, 6.45) is 1.38.